The minimum atomic E-state index is -0.619. The highest BCUT2D eigenvalue weighted by Crippen LogP contribution is 2.31. The molecule has 0 spiro atoms. The second-order valence-corrected chi connectivity index (χ2v) is 7.21. The number of carbonyl (C=O) groups excluding carboxylic acids is 2. The number of nitrogens with zero attached hydrogens (tertiary/aromatic N) is 1. The number of nitrogens with one attached hydrogen (secondary N) is 2. The minimum Gasteiger partial charge on any atom is -0.493 e. The maximum absolute atomic E-state index is 12.5. The zero-order chi connectivity index (χ0) is 20.6. The normalized spacial score (nSPS) is 14.8. The van der Waals surface area contributed by atoms with Gasteiger partial charge in [0.05, 0.1) is 7.11 Å². The number of ether oxygens (including phenoxy) is 2. The van der Waals surface area contributed by atoms with Gasteiger partial charge in [-0.05, 0) is 49.6 Å². The van der Waals surface area contributed by atoms with Gasteiger partial charge in [-0.2, -0.15) is 0 Å². The quantitative estimate of drug-likeness (QED) is 0.713. The molecule has 3 rings (SSSR count). The number of pyridine rings is 1. The molecule has 1 atom stereocenters. The molecule has 154 valence electrons. The molecule has 2 aromatic rings. The van der Waals surface area contributed by atoms with Gasteiger partial charge in [0.1, 0.15) is 12.6 Å². The second-order valence-electron chi connectivity index (χ2n) is 7.21. The molecule has 1 aliphatic carbocycles. The highest BCUT2D eigenvalue weighted by Gasteiger charge is 2.25. The highest BCUT2D eigenvalue weighted by atomic mass is 16.5. The number of rotatable bonds is 8. The van der Waals surface area contributed by atoms with E-state index in [0.717, 1.165) is 31.2 Å². The van der Waals surface area contributed by atoms with Crippen LogP contribution in [0.4, 0.5) is 5.69 Å². The summed E-state index contributed by atoms with van der Waals surface area (Å²) < 4.78 is 11.2. The fourth-order valence-electron chi connectivity index (χ4n) is 3.34. The smallest absolute Gasteiger partial charge is 0.246 e. The van der Waals surface area contributed by atoms with E-state index in [9.17, 15) is 9.59 Å². The van der Waals surface area contributed by atoms with Crippen LogP contribution in [-0.2, 0) is 16.2 Å². The van der Waals surface area contributed by atoms with E-state index in [1.807, 2.05) is 12.1 Å². The summed E-state index contributed by atoms with van der Waals surface area (Å²) in [7, 11) is 1.56. The van der Waals surface area contributed by atoms with Crippen molar-refractivity contribution in [2.45, 2.75) is 45.3 Å². The molecule has 1 heterocycles. The molecule has 1 aromatic carbocycles. The van der Waals surface area contributed by atoms with Gasteiger partial charge in [0, 0.05) is 30.1 Å². The molecule has 0 aliphatic heterocycles. The van der Waals surface area contributed by atoms with E-state index >= 15 is 0 Å². The lowest BCUT2D eigenvalue weighted by atomic mass is 10.1. The molecule has 7 nitrogen and oxygen atoms in total. The Balaban J connectivity index is 1.60. The number of benzene rings is 1. The third-order valence-electron chi connectivity index (χ3n) is 5.05. The standard InChI is InChI=1S/C22H27N3O4/c1-15(24-22(27)17-5-3-4-6-17)21(26)25-18-7-8-19(28-2)20(13-18)29-14-16-9-11-23-12-10-16/h7-13,15,17H,3-6,14H2,1-2H3,(H,24,27)(H,25,26). The van der Waals surface area contributed by atoms with Crippen LogP contribution in [0.1, 0.15) is 38.2 Å². The van der Waals surface area contributed by atoms with E-state index in [-0.39, 0.29) is 17.7 Å². The highest BCUT2D eigenvalue weighted by molar-refractivity contribution is 5.97. The van der Waals surface area contributed by atoms with Crippen molar-refractivity contribution in [2.24, 2.45) is 5.92 Å². The van der Waals surface area contributed by atoms with Gasteiger partial charge >= 0.3 is 0 Å². The summed E-state index contributed by atoms with van der Waals surface area (Å²) in [6.45, 7) is 2.04. The van der Waals surface area contributed by atoms with Crippen LogP contribution < -0.4 is 20.1 Å². The second kappa shape index (κ2) is 9.91. The Kier molecular flexibility index (Phi) is 7.05. The van der Waals surface area contributed by atoms with E-state index in [2.05, 4.69) is 15.6 Å². The van der Waals surface area contributed by atoms with Crippen LogP contribution in [-0.4, -0.2) is 29.9 Å². The average molecular weight is 397 g/mol. The third kappa shape index (κ3) is 5.70. The number of aromatic nitrogens is 1. The number of carbonyl (C=O) groups is 2. The number of anilines is 1. The number of amides is 2. The van der Waals surface area contributed by atoms with Gasteiger partial charge in [0.15, 0.2) is 11.5 Å². The van der Waals surface area contributed by atoms with Crippen molar-refractivity contribution in [3.8, 4) is 11.5 Å². The maximum atomic E-state index is 12.5. The third-order valence-corrected chi connectivity index (χ3v) is 5.05. The Bertz CT molecular complexity index is 835. The van der Waals surface area contributed by atoms with Crippen LogP contribution in [0.5, 0.6) is 11.5 Å². The van der Waals surface area contributed by atoms with Crippen LogP contribution in [0.2, 0.25) is 0 Å². The molecule has 0 radical (unpaired) electrons. The first-order valence-electron chi connectivity index (χ1n) is 9.88. The molecule has 0 bridgehead atoms. The fraction of sp³-hybridized carbons (Fsp3) is 0.409. The van der Waals surface area contributed by atoms with Gasteiger partial charge in [-0.25, -0.2) is 0 Å². The zero-order valence-electron chi connectivity index (χ0n) is 16.8. The van der Waals surface area contributed by atoms with Gasteiger partial charge in [0.25, 0.3) is 0 Å². The first-order chi connectivity index (χ1) is 14.1. The van der Waals surface area contributed by atoms with Crippen LogP contribution in [0.3, 0.4) is 0 Å². The molecular weight excluding hydrogens is 370 g/mol. The van der Waals surface area contributed by atoms with Gasteiger partial charge in [-0.15, -0.1) is 0 Å². The van der Waals surface area contributed by atoms with E-state index in [4.69, 9.17) is 9.47 Å². The topological polar surface area (TPSA) is 89.6 Å². The van der Waals surface area contributed by atoms with Crippen LogP contribution in [0.25, 0.3) is 0 Å². The monoisotopic (exact) mass is 397 g/mol. The maximum Gasteiger partial charge on any atom is 0.246 e. The molecule has 1 saturated carbocycles. The molecule has 1 aromatic heterocycles. The largest absolute Gasteiger partial charge is 0.493 e. The summed E-state index contributed by atoms with van der Waals surface area (Å²) in [5.74, 6) is 0.798. The Morgan fingerprint density at radius 2 is 1.86 bits per heavy atom. The Labute approximate surface area is 170 Å². The zero-order valence-corrected chi connectivity index (χ0v) is 16.8. The summed E-state index contributed by atoms with van der Waals surface area (Å²) in [4.78, 5) is 28.7. The average Bonchev–Trinajstić information content (AvgIpc) is 3.28. The Hall–Kier alpha value is -3.09. The summed E-state index contributed by atoms with van der Waals surface area (Å²) >= 11 is 0. The van der Waals surface area contributed by atoms with E-state index < -0.39 is 6.04 Å². The van der Waals surface area contributed by atoms with Gasteiger partial charge in [-0.1, -0.05) is 12.8 Å². The lowest BCUT2D eigenvalue weighted by molar-refractivity contribution is -0.128. The lowest BCUT2D eigenvalue weighted by Crippen LogP contribution is -2.43. The van der Waals surface area contributed by atoms with Crippen LogP contribution in [0.15, 0.2) is 42.7 Å². The predicted molar refractivity (Wildman–Crippen MR) is 110 cm³/mol. The molecule has 7 heteroatoms. The molecule has 1 aliphatic rings. The van der Waals surface area contributed by atoms with E-state index in [1.54, 1.807) is 44.6 Å². The van der Waals surface area contributed by atoms with Gasteiger partial charge in [-0.3, -0.25) is 14.6 Å². The summed E-state index contributed by atoms with van der Waals surface area (Å²) in [5.41, 5.74) is 1.54. The van der Waals surface area contributed by atoms with Crippen molar-refractivity contribution in [1.29, 1.82) is 0 Å². The van der Waals surface area contributed by atoms with Crippen molar-refractivity contribution in [2.75, 3.05) is 12.4 Å². The first kappa shape index (κ1) is 20.6. The van der Waals surface area contributed by atoms with Crippen molar-refractivity contribution in [1.82, 2.24) is 10.3 Å². The number of methoxy groups -OCH3 is 1. The molecule has 0 saturated heterocycles. The predicted octanol–water partition coefficient (Wildman–Crippen LogP) is 3.30. The fourth-order valence-corrected chi connectivity index (χ4v) is 3.34. The van der Waals surface area contributed by atoms with Crippen LogP contribution >= 0.6 is 0 Å². The van der Waals surface area contributed by atoms with E-state index in [0.29, 0.717) is 23.8 Å². The molecule has 2 N–H and O–H groups in total. The first-order valence-corrected chi connectivity index (χ1v) is 9.88. The Morgan fingerprint density at radius 1 is 1.14 bits per heavy atom. The SMILES string of the molecule is COc1ccc(NC(=O)C(C)NC(=O)C2CCCC2)cc1OCc1ccncc1. The molecule has 1 fully saturated rings. The Morgan fingerprint density at radius 3 is 2.55 bits per heavy atom. The lowest BCUT2D eigenvalue weighted by Gasteiger charge is -2.18. The van der Waals surface area contributed by atoms with E-state index in [1.165, 1.54) is 0 Å². The van der Waals surface area contributed by atoms with Crippen molar-refractivity contribution in [3.05, 3.63) is 48.3 Å². The summed E-state index contributed by atoms with van der Waals surface area (Å²) in [5, 5.41) is 5.64. The summed E-state index contributed by atoms with van der Waals surface area (Å²) in [6.07, 6.45) is 7.36. The molecule has 29 heavy (non-hydrogen) atoms. The van der Waals surface area contributed by atoms with Crippen molar-refractivity contribution >= 4 is 17.5 Å². The molecular formula is C22H27N3O4. The minimum absolute atomic E-state index is 0.0272. The van der Waals surface area contributed by atoms with Gasteiger partial charge in [0.2, 0.25) is 11.8 Å². The van der Waals surface area contributed by atoms with Crippen molar-refractivity contribution in [3.63, 3.8) is 0 Å². The molecule has 2 amide bonds. The van der Waals surface area contributed by atoms with Crippen LogP contribution in [0, 0.1) is 5.92 Å². The van der Waals surface area contributed by atoms with Crippen molar-refractivity contribution < 1.29 is 19.1 Å². The summed E-state index contributed by atoms with van der Waals surface area (Å²) in [6, 6.07) is 8.30. The number of hydrogen-bond donors (Lipinski definition) is 2. The number of hydrogen-bond acceptors (Lipinski definition) is 5. The molecule has 1 unspecified atom stereocenters. The van der Waals surface area contributed by atoms with Gasteiger partial charge < -0.3 is 20.1 Å².